The third-order valence-electron chi connectivity index (χ3n) is 5.48. The van der Waals surface area contributed by atoms with Crippen molar-refractivity contribution in [1.82, 2.24) is 5.32 Å². The molecular weight excluding hydrogens is 514 g/mol. The van der Waals surface area contributed by atoms with Crippen LogP contribution in [0.4, 0.5) is 16.2 Å². The second-order valence-corrected chi connectivity index (χ2v) is 8.61. The molecule has 3 aromatic rings. The van der Waals surface area contributed by atoms with Crippen LogP contribution in [0.2, 0.25) is 5.02 Å². The van der Waals surface area contributed by atoms with E-state index in [4.69, 9.17) is 21.1 Å². The van der Waals surface area contributed by atoms with Crippen LogP contribution in [0.15, 0.2) is 72.3 Å². The van der Waals surface area contributed by atoms with Crippen molar-refractivity contribution in [3.05, 3.63) is 98.6 Å². The summed E-state index contributed by atoms with van der Waals surface area (Å²) in [5, 5.41) is 13.2. The number of imide groups is 2. The largest absolute Gasteiger partial charge is 0.494 e. The smallest absolute Gasteiger partial charge is 0.335 e. The highest BCUT2D eigenvalue weighted by atomic mass is 35.5. The van der Waals surface area contributed by atoms with Crippen molar-refractivity contribution in [3.8, 4) is 11.5 Å². The van der Waals surface area contributed by atoms with Gasteiger partial charge in [0.15, 0.2) is 0 Å². The Labute approximate surface area is 222 Å². The molecule has 1 N–H and O–H groups in total. The van der Waals surface area contributed by atoms with E-state index in [1.807, 2.05) is 6.92 Å². The number of urea groups is 1. The number of carbonyl (C=O) groups excluding carboxylic acids is 3. The Morgan fingerprint density at radius 3 is 2.34 bits per heavy atom. The van der Waals surface area contributed by atoms with Gasteiger partial charge in [0.1, 0.15) is 23.7 Å². The SMILES string of the molecule is CCCOc1ccc(N2C(=O)NC(=O)/C(=C/c3ccc(OCc4ccc([N+](=O)[O-])cc4)c(Cl)c3)C2=O)cc1. The maximum Gasteiger partial charge on any atom is 0.335 e. The van der Waals surface area contributed by atoms with Crippen LogP contribution in [-0.2, 0) is 16.2 Å². The van der Waals surface area contributed by atoms with Gasteiger partial charge in [-0.1, -0.05) is 24.6 Å². The molecule has 4 rings (SSSR count). The van der Waals surface area contributed by atoms with Gasteiger partial charge in [0.25, 0.3) is 17.5 Å². The number of hydrogen-bond acceptors (Lipinski definition) is 7. The summed E-state index contributed by atoms with van der Waals surface area (Å²) in [4.78, 5) is 49.2. The molecule has 0 saturated carbocycles. The molecule has 1 fully saturated rings. The molecule has 0 atom stereocenters. The van der Waals surface area contributed by atoms with Crippen molar-refractivity contribution < 1.29 is 28.8 Å². The van der Waals surface area contributed by atoms with Gasteiger partial charge in [-0.3, -0.25) is 25.0 Å². The summed E-state index contributed by atoms with van der Waals surface area (Å²) in [6.07, 6.45) is 2.17. The van der Waals surface area contributed by atoms with E-state index in [9.17, 15) is 24.5 Å². The number of ether oxygens (including phenoxy) is 2. The number of carbonyl (C=O) groups is 3. The lowest BCUT2D eigenvalue weighted by Crippen LogP contribution is -2.54. The van der Waals surface area contributed by atoms with E-state index in [-0.39, 0.29) is 28.6 Å². The number of anilines is 1. The van der Waals surface area contributed by atoms with Crippen LogP contribution < -0.4 is 19.7 Å². The molecule has 1 saturated heterocycles. The lowest BCUT2D eigenvalue weighted by atomic mass is 10.1. The first-order valence-corrected chi connectivity index (χ1v) is 11.9. The second kappa shape index (κ2) is 11.6. The first-order valence-electron chi connectivity index (χ1n) is 11.6. The zero-order valence-corrected chi connectivity index (χ0v) is 20.9. The minimum atomic E-state index is -0.854. The monoisotopic (exact) mass is 535 g/mol. The average molecular weight is 536 g/mol. The molecule has 0 unspecified atom stereocenters. The predicted octanol–water partition coefficient (Wildman–Crippen LogP) is 5.28. The van der Waals surface area contributed by atoms with Crippen molar-refractivity contribution in [3.63, 3.8) is 0 Å². The standard InChI is InChI=1S/C27H22ClN3O7/c1-2-13-37-21-10-8-19(9-11-21)30-26(33)22(25(32)29-27(30)34)14-18-5-12-24(23(28)15-18)38-16-17-3-6-20(7-4-17)31(35)36/h3-12,14-15H,2,13,16H2,1H3,(H,29,32,34)/b22-14-. The molecule has 10 nitrogen and oxygen atoms in total. The van der Waals surface area contributed by atoms with Crippen molar-refractivity contribution in [2.24, 2.45) is 0 Å². The average Bonchev–Trinajstić information content (AvgIpc) is 2.90. The van der Waals surface area contributed by atoms with E-state index in [2.05, 4.69) is 5.32 Å². The molecule has 4 amide bonds. The Hall–Kier alpha value is -4.70. The van der Waals surface area contributed by atoms with Crippen LogP contribution in [0.5, 0.6) is 11.5 Å². The molecule has 38 heavy (non-hydrogen) atoms. The number of nitrogens with zero attached hydrogens (tertiary/aromatic N) is 2. The van der Waals surface area contributed by atoms with E-state index in [1.54, 1.807) is 48.5 Å². The molecule has 1 aliphatic heterocycles. The van der Waals surface area contributed by atoms with Crippen LogP contribution in [0.1, 0.15) is 24.5 Å². The topological polar surface area (TPSA) is 128 Å². The number of benzene rings is 3. The zero-order chi connectivity index (χ0) is 27.2. The Bertz CT molecular complexity index is 1420. The number of rotatable bonds is 9. The van der Waals surface area contributed by atoms with E-state index in [0.29, 0.717) is 29.2 Å². The molecule has 1 aliphatic rings. The number of nitro groups is 1. The fourth-order valence-electron chi connectivity index (χ4n) is 3.57. The molecule has 194 valence electrons. The van der Waals surface area contributed by atoms with E-state index in [0.717, 1.165) is 11.3 Å². The predicted molar refractivity (Wildman–Crippen MR) is 140 cm³/mol. The van der Waals surface area contributed by atoms with Gasteiger partial charge < -0.3 is 9.47 Å². The summed E-state index contributed by atoms with van der Waals surface area (Å²) in [6.45, 7) is 2.64. The maximum absolute atomic E-state index is 13.1. The number of halogens is 1. The number of nitro benzene ring substituents is 1. The summed E-state index contributed by atoms with van der Waals surface area (Å²) >= 11 is 6.35. The molecule has 0 bridgehead atoms. The summed E-state index contributed by atoms with van der Waals surface area (Å²) in [5.41, 5.74) is 1.16. The summed E-state index contributed by atoms with van der Waals surface area (Å²) in [7, 11) is 0. The minimum Gasteiger partial charge on any atom is -0.494 e. The van der Waals surface area contributed by atoms with Crippen LogP contribution in [0.3, 0.4) is 0 Å². The summed E-state index contributed by atoms with van der Waals surface area (Å²) in [6, 6.07) is 16.2. The van der Waals surface area contributed by atoms with E-state index >= 15 is 0 Å². The maximum atomic E-state index is 13.1. The Kier molecular flexibility index (Phi) is 8.03. The molecule has 0 aliphatic carbocycles. The van der Waals surface area contributed by atoms with Crippen molar-refractivity contribution in [2.45, 2.75) is 20.0 Å². The molecule has 1 heterocycles. The van der Waals surface area contributed by atoms with E-state index in [1.165, 1.54) is 24.3 Å². The first-order chi connectivity index (χ1) is 18.3. The van der Waals surface area contributed by atoms with Gasteiger partial charge in [-0.05, 0) is 72.2 Å². The molecular formula is C27H22ClN3O7. The summed E-state index contributed by atoms with van der Waals surface area (Å²) < 4.78 is 11.2. The van der Waals surface area contributed by atoms with Crippen molar-refractivity contribution >= 4 is 46.9 Å². The highest BCUT2D eigenvalue weighted by Gasteiger charge is 2.36. The van der Waals surface area contributed by atoms with Gasteiger partial charge in [-0.25, -0.2) is 9.69 Å². The van der Waals surface area contributed by atoms with Crippen molar-refractivity contribution in [2.75, 3.05) is 11.5 Å². The Balaban J connectivity index is 1.49. The Morgan fingerprint density at radius 2 is 1.71 bits per heavy atom. The number of nitrogens with one attached hydrogen (secondary N) is 1. The number of amides is 4. The highest BCUT2D eigenvalue weighted by Crippen LogP contribution is 2.29. The van der Waals surface area contributed by atoms with Crippen LogP contribution in [0.25, 0.3) is 6.08 Å². The van der Waals surface area contributed by atoms with Crippen LogP contribution in [-0.4, -0.2) is 29.4 Å². The molecule has 11 heteroatoms. The fourth-order valence-corrected chi connectivity index (χ4v) is 3.81. The van der Waals surface area contributed by atoms with Gasteiger partial charge in [0.2, 0.25) is 0 Å². The quantitative estimate of drug-likeness (QED) is 0.171. The third-order valence-corrected chi connectivity index (χ3v) is 5.77. The number of non-ortho nitro benzene ring substituents is 1. The van der Waals surface area contributed by atoms with Gasteiger partial charge in [0, 0.05) is 12.1 Å². The van der Waals surface area contributed by atoms with Gasteiger partial charge >= 0.3 is 6.03 Å². The lowest BCUT2D eigenvalue weighted by molar-refractivity contribution is -0.384. The van der Waals surface area contributed by atoms with Gasteiger partial charge in [0.05, 0.1) is 22.2 Å². The molecule has 0 radical (unpaired) electrons. The highest BCUT2D eigenvalue weighted by molar-refractivity contribution is 6.39. The van der Waals surface area contributed by atoms with Crippen LogP contribution in [0, 0.1) is 10.1 Å². The zero-order valence-electron chi connectivity index (χ0n) is 20.2. The van der Waals surface area contributed by atoms with Gasteiger partial charge in [-0.2, -0.15) is 0 Å². The van der Waals surface area contributed by atoms with Crippen molar-refractivity contribution in [1.29, 1.82) is 0 Å². The molecule has 3 aromatic carbocycles. The minimum absolute atomic E-state index is 0.0243. The molecule has 0 spiro atoms. The van der Waals surface area contributed by atoms with Crippen LogP contribution >= 0.6 is 11.6 Å². The summed E-state index contributed by atoms with van der Waals surface area (Å²) in [5.74, 6) is -0.670. The number of hydrogen-bond donors (Lipinski definition) is 1. The Morgan fingerprint density at radius 1 is 1.00 bits per heavy atom. The lowest BCUT2D eigenvalue weighted by Gasteiger charge is -2.26. The van der Waals surface area contributed by atoms with Gasteiger partial charge in [-0.15, -0.1) is 0 Å². The van der Waals surface area contributed by atoms with E-state index < -0.39 is 22.8 Å². The third kappa shape index (κ3) is 5.98. The fraction of sp³-hybridized carbons (Fsp3) is 0.148. The molecule has 0 aromatic heterocycles. The second-order valence-electron chi connectivity index (χ2n) is 8.20. The number of barbiturate groups is 1. The first kappa shape index (κ1) is 26.4. The normalized spacial score (nSPS) is 14.4.